The van der Waals surface area contributed by atoms with Crippen LogP contribution in [0, 0.1) is 11.3 Å². The maximum atomic E-state index is 4.25. The molecule has 0 amide bonds. The largest absolute Gasteiger partial charge is 0.252 e. The number of nitrogens with zero attached hydrogens (tertiary/aromatic N) is 3. The highest BCUT2D eigenvalue weighted by Gasteiger charge is 2.10. The molecule has 1 aromatic rings. The molecule has 18 heavy (non-hydrogen) atoms. The molecule has 0 aromatic carbocycles. The molecule has 0 aliphatic heterocycles. The summed E-state index contributed by atoms with van der Waals surface area (Å²) >= 11 is 0. The molecule has 0 saturated heterocycles. The van der Waals surface area contributed by atoms with Gasteiger partial charge in [0.1, 0.15) is 0 Å². The fourth-order valence-corrected chi connectivity index (χ4v) is 1.87. The van der Waals surface area contributed by atoms with E-state index >= 15 is 0 Å². The lowest BCUT2D eigenvalue weighted by atomic mass is 9.92. The lowest BCUT2D eigenvalue weighted by Crippen LogP contribution is -2.10. The van der Waals surface area contributed by atoms with Crippen LogP contribution in [0.1, 0.15) is 66.0 Å². The van der Waals surface area contributed by atoms with Gasteiger partial charge in [-0.3, -0.25) is 4.68 Å². The van der Waals surface area contributed by atoms with Crippen LogP contribution in [0.5, 0.6) is 0 Å². The highest BCUT2D eigenvalue weighted by Crippen LogP contribution is 2.19. The molecule has 0 unspecified atom stereocenters. The Kier molecular flexibility index (Phi) is 5.83. The molecule has 0 bridgehead atoms. The summed E-state index contributed by atoms with van der Waals surface area (Å²) in [5.74, 6) is 0.812. The first-order chi connectivity index (χ1) is 8.37. The van der Waals surface area contributed by atoms with Gasteiger partial charge < -0.3 is 0 Å². The predicted molar refractivity (Wildman–Crippen MR) is 76.5 cm³/mol. The fourth-order valence-electron chi connectivity index (χ4n) is 1.87. The van der Waals surface area contributed by atoms with Crippen molar-refractivity contribution in [2.45, 2.75) is 73.3 Å². The van der Waals surface area contributed by atoms with E-state index in [1.165, 1.54) is 19.3 Å². The fraction of sp³-hybridized carbons (Fsp3) is 0.867. The summed E-state index contributed by atoms with van der Waals surface area (Å²) in [5.41, 5.74) is 1.51. The van der Waals surface area contributed by atoms with Gasteiger partial charge >= 0.3 is 0 Å². The van der Waals surface area contributed by atoms with E-state index in [2.05, 4.69) is 51.1 Å². The molecule has 0 radical (unpaired) electrons. The first-order valence-electron chi connectivity index (χ1n) is 7.26. The maximum absolute atomic E-state index is 4.25. The zero-order valence-corrected chi connectivity index (χ0v) is 12.7. The number of hydrogen-bond donors (Lipinski definition) is 0. The summed E-state index contributed by atoms with van der Waals surface area (Å²) in [4.78, 5) is 0. The van der Waals surface area contributed by atoms with Gasteiger partial charge in [-0.05, 0) is 30.6 Å². The molecule has 0 N–H and O–H groups in total. The minimum absolute atomic E-state index is 0.364. The molecule has 0 aliphatic carbocycles. The van der Waals surface area contributed by atoms with E-state index in [9.17, 15) is 0 Å². The van der Waals surface area contributed by atoms with Crippen LogP contribution < -0.4 is 0 Å². The molecular weight excluding hydrogens is 222 g/mol. The zero-order valence-electron chi connectivity index (χ0n) is 12.7. The molecule has 3 nitrogen and oxygen atoms in total. The van der Waals surface area contributed by atoms with E-state index in [1.54, 1.807) is 0 Å². The van der Waals surface area contributed by atoms with E-state index in [1.807, 2.05) is 4.68 Å². The Hall–Kier alpha value is -0.860. The predicted octanol–water partition coefficient (Wildman–Crippen LogP) is 4.08. The average Bonchev–Trinajstić information content (AvgIpc) is 2.68. The van der Waals surface area contributed by atoms with Gasteiger partial charge in [0.2, 0.25) is 0 Å². The van der Waals surface area contributed by atoms with E-state index in [-0.39, 0.29) is 0 Å². The second-order valence-corrected chi connectivity index (χ2v) is 6.92. The van der Waals surface area contributed by atoms with Crippen LogP contribution in [0.15, 0.2) is 6.20 Å². The summed E-state index contributed by atoms with van der Waals surface area (Å²) in [6, 6.07) is 0. The lowest BCUT2D eigenvalue weighted by Gasteiger charge is -2.17. The number of aryl methyl sites for hydroxylation is 2. The minimum Gasteiger partial charge on any atom is -0.252 e. The van der Waals surface area contributed by atoms with E-state index < -0.39 is 0 Å². The van der Waals surface area contributed by atoms with Gasteiger partial charge in [0.15, 0.2) is 0 Å². The van der Waals surface area contributed by atoms with Crippen molar-refractivity contribution in [3.63, 3.8) is 0 Å². The van der Waals surface area contributed by atoms with Crippen molar-refractivity contribution in [1.82, 2.24) is 15.0 Å². The molecular formula is C15H29N3. The minimum atomic E-state index is 0.364. The van der Waals surface area contributed by atoms with Gasteiger partial charge in [-0.2, -0.15) is 0 Å². The van der Waals surface area contributed by atoms with Crippen LogP contribution >= 0.6 is 0 Å². The molecule has 1 rings (SSSR count). The van der Waals surface area contributed by atoms with Gasteiger partial charge in [-0.25, -0.2) is 0 Å². The van der Waals surface area contributed by atoms with Crippen LogP contribution in [0.25, 0.3) is 0 Å². The second-order valence-electron chi connectivity index (χ2n) is 6.92. The Morgan fingerprint density at radius 2 is 1.94 bits per heavy atom. The Balaban J connectivity index is 2.26. The number of rotatable bonds is 7. The molecule has 0 atom stereocenters. The average molecular weight is 251 g/mol. The number of aromatic nitrogens is 3. The third-order valence-corrected chi connectivity index (χ3v) is 3.14. The first-order valence-corrected chi connectivity index (χ1v) is 7.26. The topological polar surface area (TPSA) is 30.7 Å². The standard InChI is InChI=1S/C15H29N3/c1-13(2)8-6-7-9-14-12-18(17-16-14)11-10-15(3,4)5/h12-13H,6-11H2,1-5H3. The SMILES string of the molecule is CC(C)CCCCc1cn(CCC(C)(C)C)nn1. The van der Waals surface area contributed by atoms with Crippen molar-refractivity contribution >= 4 is 0 Å². The van der Waals surface area contributed by atoms with Crippen molar-refractivity contribution in [3.05, 3.63) is 11.9 Å². The third-order valence-electron chi connectivity index (χ3n) is 3.14. The number of hydrogen-bond acceptors (Lipinski definition) is 2. The molecule has 0 saturated carbocycles. The Morgan fingerprint density at radius 1 is 1.22 bits per heavy atom. The van der Waals surface area contributed by atoms with Gasteiger partial charge in [0.25, 0.3) is 0 Å². The van der Waals surface area contributed by atoms with Crippen LogP contribution in [0.2, 0.25) is 0 Å². The zero-order chi connectivity index (χ0) is 13.6. The smallest absolute Gasteiger partial charge is 0.0827 e. The number of unbranched alkanes of at least 4 members (excludes halogenated alkanes) is 1. The van der Waals surface area contributed by atoms with Crippen molar-refractivity contribution in [2.75, 3.05) is 0 Å². The normalized spacial score (nSPS) is 12.3. The first kappa shape index (κ1) is 15.2. The molecule has 0 aliphatic rings. The van der Waals surface area contributed by atoms with Crippen LogP contribution in [-0.2, 0) is 13.0 Å². The van der Waals surface area contributed by atoms with Gasteiger partial charge in [0.05, 0.1) is 5.69 Å². The van der Waals surface area contributed by atoms with E-state index in [0.717, 1.165) is 31.0 Å². The molecule has 104 valence electrons. The highest BCUT2D eigenvalue weighted by molar-refractivity contribution is 4.92. The quantitative estimate of drug-likeness (QED) is 0.684. The summed E-state index contributed by atoms with van der Waals surface area (Å²) in [6.45, 7) is 12.3. The second kappa shape index (κ2) is 6.91. The molecule has 3 heteroatoms. The van der Waals surface area contributed by atoms with E-state index in [4.69, 9.17) is 0 Å². The van der Waals surface area contributed by atoms with Gasteiger partial charge in [-0.15, -0.1) is 5.10 Å². The lowest BCUT2D eigenvalue weighted by molar-refractivity contribution is 0.339. The Bertz CT molecular complexity index is 334. The van der Waals surface area contributed by atoms with Crippen molar-refractivity contribution in [1.29, 1.82) is 0 Å². The highest BCUT2D eigenvalue weighted by atomic mass is 15.4. The van der Waals surface area contributed by atoms with Crippen molar-refractivity contribution in [3.8, 4) is 0 Å². The van der Waals surface area contributed by atoms with Crippen LogP contribution in [0.3, 0.4) is 0 Å². The summed E-state index contributed by atoms with van der Waals surface area (Å²) in [6.07, 6.45) is 8.17. The summed E-state index contributed by atoms with van der Waals surface area (Å²) in [5, 5.41) is 8.45. The molecule has 0 spiro atoms. The van der Waals surface area contributed by atoms with E-state index in [0.29, 0.717) is 5.41 Å². The Morgan fingerprint density at radius 3 is 2.56 bits per heavy atom. The monoisotopic (exact) mass is 251 g/mol. The van der Waals surface area contributed by atoms with Crippen LogP contribution in [-0.4, -0.2) is 15.0 Å². The van der Waals surface area contributed by atoms with Crippen LogP contribution in [0.4, 0.5) is 0 Å². The molecule has 1 heterocycles. The van der Waals surface area contributed by atoms with Gasteiger partial charge in [-0.1, -0.05) is 52.7 Å². The van der Waals surface area contributed by atoms with Gasteiger partial charge in [0, 0.05) is 12.7 Å². The molecule has 0 fully saturated rings. The third kappa shape index (κ3) is 6.77. The summed E-state index contributed by atoms with van der Waals surface area (Å²) < 4.78 is 1.99. The Labute approximate surface area is 112 Å². The molecule has 1 aromatic heterocycles. The summed E-state index contributed by atoms with van der Waals surface area (Å²) in [7, 11) is 0. The maximum Gasteiger partial charge on any atom is 0.0827 e. The van der Waals surface area contributed by atoms with Crippen molar-refractivity contribution < 1.29 is 0 Å². The van der Waals surface area contributed by atoms with Crippen molar-refractivity contribution in [2.24, 2.45) is 11.3 Å².